The van der Waals surface area contributed by atoms with Gasteiger partial charge in [-0.05, 0) is 23.6 Å². The Labute approximate surface area is 118 Å². The minimum Gasteiger partial charge on any atom is -0.486 e. The van der Waals surface area contributed by atoms with E-state index in [2.05, 4.69) is 0 Å². The summed E-state index contributed by atoms with van der Waals surface area (Å²) in [6.45, 7) is 0.229. The number of ether oxygens (including phenoxy) is 1. The van der Waals surface area contributed by atoms with Crippen molar-refractivity contribution in [2.75, 3.05) is 0 Å². The van der Waals surface area contributed by atoms with Crippen LogP contribution in [0.3, 0.4) is 0 Å². The quantitative estimate of drug-likeness (QED) is 0.914. The summed E-state index contributed by atoms with van der Waals surface area (Å²) in [5, 5.41) is 11.4. The minimum absolute atomic E-state index is 0.229. The van der Waals surface area contributed by atoms with Gasteiger partial charge < -0.3 is 9.84 Å². The van der Waals surface area contributed by atoms with Crippen LogP contribution in [0.2, 0.25) is 10.0 Å². The van der Waals surface area contributed by atoms with Crippen molar-refractivity contribution in [1.29, 1.82) is 0 Å². The maximum atomic E-state index is 10.7. The van der Waals surface area contributed by atoms with Crippen LogP contribution in [-0.2, 0) is 6.61 Å². The molecule has 1 N–H and O–H groups in total. The average molecular weight is 303 g/mol. The van der Waals surface area contributed by atoms with Gasteiger partial charge in [0, 0.05) is 5.56 Å². The Balaban J connectivity index is 2.09. The molecule has 0 saturated heterocycles. The number of para-hydroxylation sites is 1. The smallest absolute Gasteiger partial charge is 0.345 e. The maximum Gasteiger partial charge on any atom is 0.345 e. The Morgan fingerprint density at radius 3 is 2.56 bits per heavy atom. The van der Waals surface area contributed by atoms with Gasteiger partial charge in [0.25, 0.3) is 0 Å². The normalized spacial score (nSPS) is 10.3. The lowest BCUT2D eigenvalue weighted by Gasteiger charge is -2.08. The van der Waals surface area contributed by atoms with Crippen LogP contribution in [-0.4, -0.2) is 11.1 Å². The Morgan fingerprint density at radius 1 is 1.33 bits per heavy atom. The summed E-state index contributed by atoms with van der Waals surface area (Å²) in [4.78, 5) is 11.0. The van der Waals surface area contributed by atoms with Crippen molar-refractivity contribution in [3.05, 3.63) is 50.1 Å². The number of thiophene rings is 1. The lowest BCUT2D eigenvalue weighted by Crippen LogP contribution is -1.96. The van der Waals surface area contributed by atoms with Crippen molar-refractivity contribution < 1.29 is 14.6 Å². The summed E-state index contributed by atoms with van der Waals surface area (Å²) >= 11 is 13.1. The molecule has 0 radical (unpaired) electrons. The van der Waals surface area contributed by atoms with E-state index in [0.717, 1.165) is 16.9 Å². The molecule has 3 nitrogen and oxygen atoms in total. The van der Waals surface area contributed by atoms with Crippen molar-refractivity contribution in [2.45, 2.75) is 6.61 Å². The first kappa shape index (κ1) is 13.2. The molecule has 0 aliphatic heterocycles. The van der Waals surface area contributed by atoms with Gasteiger partial charge in [-0.2, -0.15) is 0 Å². The van der Waals surface area contributed by atoms with Crippen molar-refractivity contribution >= 4 is 40.5 Å². The molecule has 0 aliphatic rings. The Hall–Kier alpha value is -1.23. The average Bonchev–Trinajstić information content (AvgIpc) is 2.77. The maximum absolute atomic E-state index is 10.7. The predicted octanol–water partition coefficient (Wildman–Crippen LogP) is 4.33. The fraction of sp³-hybridized carbons (Fsp3) is 0.0833. The van der Waals surface area contributed by atoms with Gasteiger partial charge >= 0.3 is 5.97 Å². The Morgan fingerprint density at radius 2 is 2.00 bits per heavy atom. The van der Waals surface area contributed by atoms with Crippen molar-refractivity contribution in [3.63, 3.8) is 0 Å². The lowest BCUT2D eigenvalue weighted by molar-refractivity contribution is 0.0702. The Kier molecular flexibility index (Phi) is 4.11. The van der Waals surface area contributed by atoms with Crippen molar-refractivity contribution in [1.82, 2.24) is 0 Å². The molecule has 1 aromatic heterocycles. The van der Waals surface area contributed by atoms with E-state index in [1.54, 1.807) is 29.6 Å². The number of carbonyl (C=O) groups is 1. The summed E-state index contributed by atoms with van der Waals surface area (Å²) in [7, 11) is 0. The zero-order chi connectivity index (χ0) is 13.1. The standard InChI is InChI=1S/C12H8Cl2O3S/c13-8-2-1-3-9(14)11(8)17-5-7-4-10(12(15)16)18-6-7/h1-4,6H,5H2,(H,15,16). The van der Waals surface area contributed by atoms with Gasteiger partial charge in [-0.3, -0.25) is 0 Å². The number of benzene rings is 1. The highest BCUT2D eigenvalue weighted by atomic mass is 35.5. The van der Waals surface area contributed by atoms with Crippen LogP contribution in [0.4, 0.5) is 0 Å². The molecule has 1 aromatic carbocycles. The third-order valence-corrected chi connectivity index (χ3v) is 3.73. The molecule has 1 heterocycles. The van der Waals surface area contributed by atoms with Crippen molar-refractivity contribution in [3.8, 4) is 5.75 Å². The van der Waals surface area contributed by atoms with E-state index >= 15 is 0 Å². The molecule has 0 atom stereocenters. The first-order valence-corrected chi connectivity index (χ1v) is 6.59. The number of carboxylic acids is 1. The van der Waals surface area contributed by atoms with Gasteiger partial charge in [-0.15, -0.1) is 11.3 Å². The fourth-order valence-electron chi connectivity index (χ4n) is 1.34. The van der Waals surface area contributed by atoms with E-state index in [1.807, 2.05) is 0 Å². The van der Waals surface area contributed by atoms with Crippen LogP contribution < -0.4 is 4.74 Å². The molecule has 0 amide bonds. The first-order chi connectivity index (χ1) is 8.58. The second kappa shape index (κ2) is 5.61. The second-order valence-corrected chi connectivity index (χ2v) is 5.19. The van der Waals surface area contributed by atoms with Crippen LogP contribution in [0.5, 0.6) is 5.75 Å². The largest absolute Gasteiger partial charge is 0.486 e. The molecule has 0 bridgehead atoms. The van der Waals surface area contributed by atoms with Crippen LogP contribution in [0, 0.1) is 0 Å². The van der Waals surface area contributed by atoms with Crippen LogP contribution in [0.25, 0.3) is 0 Å². The van der Waals surface area contributed by atoms with Crippen LogP contribution in [0.1, 0.15) is 15.2 Å². The third-order valence-electron chi connectivity index (χ3n) is 2.17. The lowest BCUT2D eigenvalue weighted by atomic mass is 10.3. The summed E-state index contributed by atoms with van der Waals surface area (Å²) in [5.74, 6) is -0.536. The minimum atomic E-state index is -0.943. The topological polar surface area (TPSA) is 46.5 Å². The van der Waals surface area contributed by atoms with E-state index in [4.69, 9.17) is 33.0 Å². The molecular formula is C12H8Cl2O3S. The third kappa shape index (κ3) is 2.96. The van der Waals surface area contributed by atoms with Gasteiger partial charge in [0.1, 0.15) is 11.5 Å². The molecule has 94 valence electrons. The number of aromatic carboxylic acids is 1. The second-order valence-electron chi connectivity index (χ2n) is 3.46. The Bertz CT molecular complexity index is 560. The molecule has 0 aliphatic carbocycles. The molecule has 2 rings (SSSR count). The number of hydrogen-bond donors (Lipinski definition) is 1. The SMILES string of the molecule is O=C(O)c1cc(COc2c(Cl)cccc2Cl)cs1. The summed E-state index contributed by atoms with van der Waals surface area (Å²) in [6, 6.07) is 6.65. The van der Waals surface area contributed by atoms with Crippen molar-refractivity contribution in [2.24, 2.45) is 0 Å². The molecule has 0 unspecified atom stereocenters. The molecule has 6 heteroatoms. The monoisotopic (exact) mass is 302 g/mol. The van der Waals surface area contributed by atoms with E-state index < -0.39 is 5.97 Å². The van der Waals surface area contributed by atoms with Crippen LogP contribution >= 0.6 is 34.5 Å². The van der Waals surface area contributed by atoms with E-state index in [9.17, 15) is 4.79 Å². The van der Waals surface area contributed by atoms with Crippen LogP contribution in [0.15, 0.2) is 29.6 Å². The molecule has 18 heavy (non-hydrogen) atoms. The van der Waals surface area contributed by atoms with E-state index in [-0.39, 0.29) is 11.5 Å². The molecule has 0 saturated carbocycles. The number of rotatable bonds is 4. The zero-order valence-corrected chi connectivity index (χ0v) is 11.4. The predicted molar refractivity (Wildman–Crippen MR) is 72.1 cm³/mol. The number of carboxylic acid groups (broad SMARTS) is 1. The van der Waals surface area contributed by atoms with Gasteiger partial charge in [0.05, 0.1) is 10.0 Å². The number of hydrogen-bond acceptors (Lipinski definition) is 3. The fourth-order valence-corrected chi connectivity index (χ4v) is 2.58. The molecule has 2 aromatic rings. The highest BCUT2D eigenvalue weighted by Gasteiger charge is 2.10. The molecular weight excluding hydrogens is 295 g/mol. The molecule has 0 spiro atoms. The summed E-state index contributed by atoms with van der Waals surface area (Å²) < 4.78 is 5.50. The van der Waals surface area contributed by atoms with E-state index in [0.29, 0.717) is 15.8 Å². The van der Waals surface area contributed by atoms with Gasteiger partial charge in [-0.1, -0.05) is 29.3 Å². The number of halogens is 2. The van der Waals surface area contributed by atoms with E-state index in [1.165, 1.54) is 0 Å². The van der Waals surface area contributed by atoms with Gasteiger partial charge in [0.2, 0.25) is 0 Å². The summed E-state index contributed by atoms with van der Waals surface area (Å²) in [5.41, 5.74) is 0.772. The van der Waals surface area contributed by atoms with Gasteiger partial charge in [0.15, 0.2) is 5.75 Å². The highest BCUT2D eigenvalue weighted by molar-refractivity contribution is 7.12. The zero-order valence-electron chi connectivity index (χ0n) is 9.02. The van der Waals surface area contributed by atoms with Gasteiger partial charge in [-0.25, -0.2) is 4.79 Å². The highest BCUT2D eigenvalue weighted by Crippen LogP contribution is 2.33. The first-order valence-electron chi connectivity index (χ1n) is 4.95. The summed E-state index contributed by atoms with van der Waals surface area (Å²) in [6.07, 6.45) is 0. The molecule has 0 fully saturated rings.